The Morgan fingerprint density at radius 1 is 1.03 bits per heavy atom. The van der Waals surface area contributed by atoms with Gasteiger partial charge < -0.3 is 16.0 Å². The van der Waals surface area contributed by atoms with Gasteiger partial charge in [-0.15, -0.1) is 11.8 Å². The summed E-state index contributed by atoms with van der Waals surface area (Å²) in [5.41, 5.74) is 3.35. The molecule has 2 heterocycles. The number of carbonyl (C=O) groups excluding carboxylic acids is 1. The molecular formula is C25H33BN6OS. The van der Waals surface area contributed by atoms with E-state index in [4.69, 9.17) is 4.98 Å². The van der Waals surface area contributed by atoms with Crippen molar-refractivity contribution in [1.29, 1.82) is 0 Å². The molecule has 4 rings (SSSR count). The first kappa shape index (κ1) is 24.3. The summed E-state index contributed by atoms with van der Waals surface area (Å²) in [6, 6.07) is 9.23. The van der Waals surface area contributed by atoms with Gasteiger partial charge in [0.2, 0.25) is 0 Å². The van der Waals surface area contributed by atoms with Crippen LogP contribution in [0.5, 0.6) is 0 Å². The number of nitrogens with zero attached hydrogens (tertiary/aromatic N) is 3. The van der Waals surface area contributed by atoms with E-state index >= 15 is 0 Å². The summed E-state index contributed by atoms with van der Waals surface area (Å²) < 4.78 is 0. The molecule has 1 aliphatic carbocycles. The highest BCUT2D eigenvalue weighted by Gasteiger charge is 2.29. The van der Waals surface area contributed by atoms with Gasteiger partial charge in [0.1, 0.15) is 18.6 Å². The number of benzene rings is 1. The molecule has 178 valence electrons. The van der Waals surface area contributed by atoms with E-state index in [1.165, 1.54) is 32.1 Å². The average molecular weight is 476 g/mol. The third-order valence-electron chi connectivity index (χ3n) is 6.70. The molecule has 1 saturated carbocycles. The third-order valence-corrected chi connectivity index (χ3v) is 7.45. The summed E-state index contributed by atoms with van der Waals surface area (Å²) in [7, 11) is 1.07. The van der Waals surface area contributed by atoms with E-state index in [2.05, 4.69) is 32.7 Å². The Kier molecular flexibility index (Phi) is 7.93. The summed E-state index contributed by atoms with van der Waals surface area (Å²) >= 11 is 1.66. The van der Waals surface area contributed by atoms with Crippen LogP contribution in [0.1, 0.15) is 50.6 Å². The van der Waals surface area contributed by atoms with Crippen molar-refractivity contribution in [2.45, 2.75) is 69.0 Å². The maximum atomic E-state index is 12.5. The second-order valence-corrected chi connectivity index (χ2v) is 9.93. The van der Waals surface area contributed by atoms with Crippen molar-refractivity contribution in [3.05, 3.63) is 42.2 Å². The molecule has 1 aromatic carbocycles. The van der Waals surface area contributed by atoms with Gasteiger partial charge in [-0.25, -0.2) is 19.7 Å². The molecule has 3 N–H and O–H groups in total. The minimum Gasteiger partial charge on any atom is -0.371 e. The van der Waals surface area contributed by atoms with Crippen LogP contribution in [-0.4, -0.2) is 40.0 Å². The van der Waals surface area contributed by atoms with Crippen molar-refractivity contribution in [1.82, 2.24) is 15.0 Å². The van der Waals surface area contributed by atoms with Crippen molar-refractivity contribution in [3.63, 3.8) is 0 Å². The van der Waals surface area contributed by atoms with Crippen molar-refractivity contribution in [2.75, 3.05) is 22.2 Å². The van der Waals surface area contributed by atoms with Gasteiger partial charge in [-0.2, -0.15) is 0 Å². The number of thioether (sulfide) groups is 1. The summed E-state index contributed by atoms with van der Waals surface area (Å²) in [5.74, 6) is 0.772. The van der Waals surface area contributed by atoms with Gasteiger partial charge in [0.05, 0.1) is 17.6 Å². The normalized spacial score (nSPS) is 15.7. The molecule has 2 aromatic heterocycles. The topological polar surface area (TPSA) is 91.8 Å². The third kappa shape index (κ3) is 6.00. The fourth-order valence-electron chi connectivity index (χ4n) is 4.60. The average Bonchev–Trinajstić information content (AvgIpc) is 2.82. The van der Waals surface area contributed by atoms with Gasteiger partial charge in [-0.3, -0.25) is 0 Å². The highest BCUT2D eigenvalue weighted by Crippen LogP contribution is 2.29. The standard InChI is InChI=1S/C25H33BN6OS/c1-17-20(30-24(33)29-18-9-11-19(34-3)12-10-18)15-21-23(28-17)31-22(16-27-21)32-25(26-2)13-7-5-4-6-8-14-25/h9-12,15-16,26H,4-8,13-14H2,1-3H3,(H,28,31,32)(H2,29,30,33). The second-order valence-electron chi connectivity index (χ2n) is 9.05. The number of fused-ring (bicyclic) bond motifs is 1. The summed E-state index contributed by atoms with van der Waals surface area (Å²) in [6.07, 6.45) is 12.6. The first-order chi connectivity index (χ1) is 16.5. The van der Waals surface area contributed by atoms with E-state index in [1.54, 1.807) is 18.0 Å². The molecule has 7 nitrogen and oxygen atoms in total. The Morgan fingerprint density at radius 2 is 1.74 bits per heavy atom. The number of pyridine rings is 1. The number of aromatic nitrogens is 3. The summed E-state index contributed by atoms with van der Waals surface area (Å²) in [5, 5.41) is 9.46. The predicted molar refractivity (Wildman–Crippen MR) is 145 cm³/mol. The van der Waals surface area contributed by atoms with Gasteiger partial charge in [-0.05, 0) is 56.4 Å². The van der Waals surface area contributed by atoms with Gasteiger partial charge in [0, 0.05) is 16.0 Å². The molecule has 0 atom stereocenters. The predicted octanol–water partition coefficient (Wildman–Crippen LogP) is 6.04. The van der Waals surface area contributed by atoms with E-state index in [1.807, 2.05) is 43.5 Å². The highest BCUT2D eigenvalue weighted by atomic mass is 32.2. The number of amides is 2. The Hall–Kier alpha value is -2.81. The number of hydrogen-bond donors (Lipinski definition) is 3. The van der Waals surface area contributed by atoms with Crippen LogP contribution in [-0.2, 0) is 0 Å². The number of rotatable bonds is 6. The van der Waals surface area contributed by atoms with Crippen LogP contribution >= 0.6 is 11.8 Å². The van der Waals surface area contributed by atoms with E-state index in [-0.39, 0.29) is 11.5 Å². The molecule has 3 aromatic rings. The van der Waals surface area contributed by atoms with Crippen LogP contribution in [0.3, 0.4) is 0 Å². The quantitative estimate of drug-likeness (QED) is 0.297. The molecular weight excluding hydrogens is 443 g/mol. The van der Waals surface area contributed by atoms with Crippen LogP contribution < -0.4 is 16.0 Å². The minimum absolute atomic E-state index is 0.0748. The van der Waals surface area contributed by atoms with Gasteiger partial charge in [-0.1, -0.05) is 38.9 Å². The number of aryl methyl sites for hydroxylation is 1. The lowest BCUT2D eigenvalue weighted by Gasteiger charge is -2.36. The first-order valence-corrected chi connectivity index (χ1v) is 13.4. The van der Waals surface area contributed by atoms with Crippen molar-refractivity contribution in [3.8, 4) is 0 Å². The largest absolute Gasteiger partial charge is 0.371 e. The molecule has 9 heteroatoms. The van der Waals surface area contributed by atoms with Crippen molar-refractivity contribution in [2.24, 2.45) is 0 Å². The van der Waals surface area contributed by atoms with Crippen LogP contribution in [0.4, 0.5) is 22.0 Å². The zero-order valence-electron chi connectivity index (χ0n) is 20.3. The van der Waals surface area contributed by atoms with Crippen LogP contribution in [0.2, 0.25) is 6.82 Å². The Morgan fingerprint density at radius 3 is 2.41 bits per heavy atom. The zero-order valence-corrected chi connectivity index (χ0v) is 21.1. The van der Waals surface area contributed by atoms with Crippen LogP contribution in [0.25, 0.3) is 11.2 Å². The molecule has 34 heavy (non-hydrogen) atoms. The smallest absolute Gasteiger partial charge is 0.323 e. The van der Waals surface area contributed by atoms with E-state index in [0.717, 1.165) is 36.5 Å². The number of nitrogens with one attached hydrogen (secondary N) is 3. The summed E-state index contributed by atoms with van der Waals surface area (Å²) in [6.45, 7) is 4.12. The lowest BCUT2D eigenvalue weighted by molar-refractivity contribution is 0.262. The van der Waals surface area contributed by atoms with Crippen LogP contribution in [0.15, 0.2) is 41.4 Å². The molecule has 0 bridgehead atoms. The number of anilines is 3. The Bertz CT molecular complexity index is 1130. The maximum Gasteiger partial charge on any atom is 0.323 e. The number of hydrogen-bond acceptors (Lipinski definition) is 6. The number of urea groups is 1. The second kappa shape index (κ2) is 11.1. The minimum atomic E-state index is -0.318. The Labute approximate surface area is 206 Å². The highest BCUT2D eigenvalue weighted by molar-refractivity contribution is 7.98. The molecule has 0 unspecified atom stereocenters. The van der Waals surface area contributed by atoms with Gasteiger partial charge in [0.15, 0.2) is 5.65 Å². The maximum absolute atomic E-state index is 12.5. The van der Waals surface area contributed by atoms with Crippen molar-refractivity contribution >= 4 is 53.4 Å². The van der Waals surface area contributed by atoms with Gasteiger partial charge >= 0.3 is 6.03 Å². The zero-order chi connectivity index (χ0) is 24.0. The lowest BCUT2D eigenvalue weighted by atomic mass is 9.55. The SMILES string of the molecule is CBC1(Nc2cnc3cc(NC(=O)Nc4ccc(SC)cc4)c(C)nc3n2)CCCCCCC1. The molecule has 0 aliphatic heterocycles. The molecule has 2 amide bonds. The fraction of sp³-hybridized carbons (Fsp3) is 0.440. The van der Waals surface area contributed by atoms with E-state index in [9.17, 15) is 4.79 Å². The molecule has 0 radical (unpaired) electrons. The van der Waals surface area contributed by atoms with E-state index in [0.29, 0.717) is 22.5 Å². The first-order valence-electron chi connectivity index (χ1n) is 12.1. The van der Waals surface area contributed by atoms with Gasteiger partial charge in [0.25, 0.3) is 0 Å². The molecule has 1 fully saturated rings. The van der Waals surface area contributed by atoms with E-state index < -0.39 is 0 Å². The fourth-order valence-corrected chi connectivity index (χ4v) is 5.01. The molecule has 0 spiro atoms. The molecule has 0 saturated heterocycles. The lowest BCUT2D eigenvalue weighted by Crippen LogP contribution is -2.44. The molecule has 1 aliphatic rings. The summed E-state index contributed by atoms with van der Waals surface area (Å²) in [4.78, 5) is 27.7. The monoisotopic (exact) mass is 476 g/mol. The van der Waals surface area contributed by atoms with Crippen molar-refractivity contribution < 1.29 is 4.79 Å². The Balaban J connectivity index is 1.47. The number of carbonyl (C=O) groups is 1. The van der Waals surface area contributed by atoms with Crippen LogP contribution in [0, 0.1) is 6.92 Å².